The Balaban J connectivity index is 3.79. The van der Waals surface area contributed by atoms with Crippen LogP contribution < -0.4 is 0 Å². The second-order valence-electron chi connectivity index (χ2n) is 3.16. The second-order valence-corrected chi connectivity index (χ2v) is 3.93. The third-order valence-electron chi connectivity index (χ3n) is 1.85. The average Bonchev–Trinajstić information content (AvgIpc) is 2.05. The topological polar surface area (TPSA) is 0 Å². The molecule has 0 rings (SSSR count). The molecule has 12 heavy (non-hydrogen) atoms. The predicted molar refractivity (Wildman–Crippen MR) is 61.6 cm³/mol. The standard InChI is InChI=1S/C11H21P/c1-4-6-7-8-11(12)9-10(3)5-2/h7-9,11H,4-6,12H2,1-3H3/b8-7?,10-9+. The zero-order chi connectivity index (χ0) is 9.40. The zero-order valence-electron chi connectivity index (χ0n) is 8.51. The Hall–Kier alpha value is -0.0900. The van der Waals surface area contributed by atoms with E-state index >= 15 is 0 Å². The van der Waals surface area contributed by atoms with Crippen molar-refractivity contribution in [2.75, 3.05) is 0 Å². The van der Waals surface area contributed by atoms with Crippen molar-refractivity contribution in [1.82, 2.24) is 0 Å². The van der Waals surface area contributed by atoms with Crippen molar-refractivity contribution < 1.29 is 0 Å². The van der Waals surface area contributed by atoms with Crippen molar-refractivity contribution in [2.24, 2.45) is 0 Å². The molecule has 0 heterocycles. The Bertz CT molecular complexity index is 156. The Morgan fingerprint density at radius 2 is 2.08 bits per heavy atom. The Labute approximate surface area is 79.3 Å². The Morgan fingerprint density at radius 1 is 1.42 bits per heavy atom. The molecule has 70 valence electrons. The molecule has 0 aliphatic heterocycles. The van der Waals surface area contributed by atoms with Gasteiger partial charge in [-0.25, -0.2) is 0 Å². The number of unbranched alkanes of at least 4 members (excludes halogenated alkanes) is 1. The summed E-state index contributed by atoms with van der Waals surface area (Å²) < 4.78 is 0. The van der Waals surface area contributed by atoms with Gasteiger partial charge in [-0.05, 0) is 19.8 Å². The van der Waals surface area contributed by atoms with Gasteiger partial charge in [-0.3, -0.25) is 0 Å². The zero-order valence-corrected chi connectivity index (χ0v) is 9.66. The van der Waals surface area contributed by atoms with Crippen LogP contribution in [0.15, 0.2) is 23.8 Å². The molecule has 0 bridgehead atoms. The molecular weight excluding hydrogens is 163 g/mol. The van der Waals surface area contributed by atoms with E-state index in [1.807, 2.05) is 0 Å². The SMILES string of the molecule is CCCC=CC(P)/C=C(\C)CC. The highest BCUT2D eigenvalue weighted by Gasteiger charge is 1.91. The Morgan fingerprint density at radius 3 is 2.58 bits per heavy atom. The molecule has 0 saturated heterocycles. The third kappa shape index (κ3) is 6.61. The van der Waals surface area contributed by atoms with Gasteiger partial charge >= 0.3 is 0 Å². The molecule has 0 nitrogen and oxygen atoms in total. The smallest absolute Gasteiger partial charge is 0.00951 e. The Kier molecular flexibility index (Phi) is 7.50. The van der Waals surface area contributed by atoms with E-state index in [1.54, 1.807) is 0 Å². The van der Waals surface area contributed by atoms with Crippen LogP contribution in [0.4, 0.5) is 0 Å². The van der Waals surface area contributed by atoms with E-state index in [-0.39, 0.29) is 0 Å². The van der Waals surface area contributed by atoms with Gasteiger partial charge in [0.2, 0.25) is 0 Å². The lowest BCUT2D eigenvalue weighted by Gasteiger charge is -2.00. The van der Waals surface area contributed by atoms with E-state index in [2.05, 4.69) is 48.2 Å². The summed E-state index contributed by atoms with van der Waals surface area (Å²) in [5, 5.41) is 0. The predicted octanol–water partition coefficient (Wildman–Crippen LogP) is 3.94. The minimum atomic E-state index is 0.525. The lowest BCUT2D eigenvalue weighted by molar-refractivity contribution is 0.954. The molecule has 0 spiro atoms. The summed E-state index contributed by atoms with van der Waals surface area (Å²) in [7, 11) is 2.84. The quantitative estimate of drug-likeness (QED) is 0.448. The number of allylic oxidation sites excluding steroid dienone is 4. The first-order valence-corrected chi connectivity index (χ1v) is 5.46. The van der Waals surface area contributed by atoms with Crippen molar-refractivity contribution >= 4 is 9.24 Å². The van der Waals surface area contributed by atoms with E-state index in [0.717, 1.165) is 6.42 Å². The summed E-state index contributed by atoms with van der Waals surface area (Å²) in [5.41, 5.74) is 1.99. The maximum absolute atomic E-state index is 2.84. The molecule has 2 atom stereocenters. The summed E-state index contributed by atoms with van der Waals surface area (Å²) in [6.45, 7) is 6.58. The first-order chi connectivity index (χ1) is 5.70. The largest absolute Gasteiger partial charge is 0.126 e. The summed E-state index contributed by atoms with van der Waals surface area (Å²) in [6, 6.07) is 0. The fourth-order valence-electron chi connectivity index (χ4n) is 0.922. The van der Waals surface area contributed by atoms with Crippen LogP contribution in [-0.4, -0.2) is 5.66 Å². The number of hydrogen-bond donors (Lipinski definition) is 0. The molecular formula is C11H21P. The van der Waals surface area contributed by atoms with Crippen molar-refractivity contribution in [3.8, 4) is 0 Å². The highest BCUT2D eigenvalue weighted by Crippen LogP contribution is 2.09. The van der Waals surface area contributed by atoms with Crippen molar-refractivity contribution in [3.05, 3.63) is 23.8 Å². The summed E-state index contributed by atoms with van der Waals surface area (Å²) in [6.07, 6.45) is 10.4. The van der Waals surface area contributed by atoms with Gasteiger partial charge in [0.05, 0.1) is 0 Å². The molecule has 1 heteroatoms. The molecule has 0 fully saturated rings. The maximum atomic E-state index is 2.84. The molecule has 0 radical (unpaired) electrons. The molecule has 0 amide bonds. The molecule has 0 aliphatic rings. The lowest BCUT2D eigenvalue weighted by atomic mass is 10.2. The highest BCUT2D eigenvalue weighted by molar-refractivity contribution is 7.18. The minimum absolute atomic E-state index is 0.525. The van der Waals surface area contributed by atoms with Crippen molar-refractivity contribution in [3.63, 3.8) is 0 Å². The van der Waals surface area contributed by atoms with Crippen LogP contribution in [-0.2, 0) is 0 Å². The first kappa shape index (κ1) is 11.9. The van der Waals surface area contributed by atoms with Gasteiger partial charge in [0.15, 0.2) is 0 Å². The highest BCUT2D eigenvalue weighted by atomic mass is 31.0. The van der Waals surface area contributed by atoms with Crippen molar-refractivity contribution in [1.29, 1.82) is 0 Å². The average molecular weight is 184 g/mol. The van der Waals surface area contributed by atoms with E-state index < -0.39 is 0 Å². The van der Waals surface area contributed by atoms with Gasteiger partial charge < -0.3 is 0 Å². The molecule has 0 N–H and O–H groups in total. The van der Waals surface area contributed by atoms with Crippen LogP contribution >= 0.6 is 9.24 Å². The number of rotatable bonds is 5. The van der Waals surface area contributed by atoms with Crippen LogP contribution in [0, 0.1) is 0 Å². The van der Waals surface area contributed by atoms with Crippen molar-refractivity contribution in [2.45, 2.75) is 45.7 Å². The van der Waals surface area contributed by atoms with E-state index in [0.29, 0.717) is 5.66 Å². The summed E-state index contributed by atoms with van der Waals surface area (Å²) in [5.74, 6) is 0. The van der Waals surface area contributed by atoms with Gasteiger partial charge in [0, 0.05) is 5.66 Å². The fourth-order valence-corrected chi connectivity index (χ4v) is 1.41. The normalized spacial score (nSPS) is 15.5. The van der Waals surface area contributed by atoms with Crippen LogP contribution in [0.3, 0.4) is 0 Å². The van der Waals surface area contributed by atoms with E-state index in [4.69, 9.17) is 0 Å². The fraction of sp³-hybridized carbons (Fsp3) is 0.636. The molecule has 0 saturated carbocycles. The first-order valence-electron chi connectivity index (χ1n) is 4.80. The van der Waals surface area contributed by atoms with Gasteiger partial charge in [-0.15, -0.1) is 9.24 Å². The van der Waals surface area contributed by atoms with Crippen LogP contribution in [0.2, 0.25) is 0 Å². The van der Waals surface area contributed by atoms with Gasteiger partial charge in [-0.1, -0.05) is 44.1 Å². The molecule has 0 aromatic carbocycles. The van der Waals surface area contributed by atoms with Gasteiger partial charge in [0.25, 0.3) is 0 Å². The van der Waals surface area contributed by atoms with Crippen LogP contribution in [0.25, 0.3) is 0 Å². The molecule has 0 aromatic heterocycles. The minimum Gasteiger partial charge on any atom is -0.126 e. The summed E-state index contributed by atoms with van der Waals surface area (Å²) in [4.78, 5) is 0. The second kappa shape index (κ2) is 7.55. The van der Waals surface area contributed by atoms with Gasteiger partial charge in [-0.2, -0.15) is 0 Å². The van der Waals surface area contributed by atoms with E-state index in [1.165, 1.54) is 18.4 Å². The molecule has 2 unspecified atom stereocenters. The van der Waals surface area contributed by atoms with Crippen LogP contribution in [0.5, 0.6) is 0 Å². The molecule has 0 aliphatic carbocycles. The van der Waals surface area contributed by atoms with E-state index in [9.17, 15) is 0 Å². The molecule has 0 aromatic rings. The van der Waals surface area contributed by atoms with Crippen LogP contribution in [0.1, 0.15) is 40.0 Å². The lowest BCUT2D eigenvalue weighted by Crippen LogP contribution is -1.87. The third-order valence-corrected chi connectivity index (χ3v) is 2.26. The summed E-state index contributed by atoms with van der Waals surface area (Å²) >= 11 is 0. The van der Waals surface area contributed by atoms with Gasteiger partial charge in [0.1, 0.15) is 0 Å². The maximum Gasteiger partial charge on any atom is 0.00951 e. The monoisotopic (exact) mass is 184 g/mol. The number of hydrogen-bond acceptors (Lipinski definition) is 0.